The zero-order chi connectivity index (χ0) is 22.9. The lowest BCUT2D eigenvalue weighted by molar-refractivity contribution is -0.131. The summed E-state index contributed by atoms with van der Waals surface area (Å²) in [6, 6.07) is 15.0. The van der Waals surface area contributed by atoms with E-state index in [1.807, 2.05) is 31.2 Å². The van der Waals surface area contributed by atoms with Crippen LogP contribution in [-0.2, 0) is 14.8 Å². The monoisotopic (exact) mass is 455 g/mol. The van der Waals surface area contributed by atoms with E-state index in [2.05, 4.69) is 9.71 Å². The van der Waals surface area contributed by atoms with Crippen LogP contribution in [0.15, 0.2) is 65.7 Å². The number of benzene rings is 2. The Morgan fingerprint density at radius 2 is 1.81 bits per heavy atom. The summed E-state index contributed by atoms with van der Waals surface area (Å²) in [6.45, 7) is 1.81. The molecule has 3 N–H and O–H groups in total. The maximum absolute atomic E-state index is 14.4. The third-order valence-corrected chi connectivity index (χ3v) is 8.25. The molecule has 1 heterocycles. The van der Waals surface area contributed by atoms with Crippen LogP contribution in [0.25, 0.3) is 10.9 Å². The van der Waals surface area contributed by atoms with E-state index in [0.29, 0.717) is 31.2 Å². The van der Waals surface area contributed by atoms with E-state index < -0.39 is 27.3 Å². The standard InChI is InChI=1S/C24H26FN3O3S/c1-16(20-7-3-4-8-21(20)25)24(23(26)29)12-10-18(11-13-24)28-32(30,31)19-14-17-6-2-5-9-22(17)27-15-19/h2-9,14-16,18,28H,10-13H2,1H3,(H2,26,29)/t16-,18?,24?/m0/s1. The van der Waals surface area contributed by atoms with Crippen molar-refractivity contribution in [2.75, 3.05) is 0 Å². The topological polar surface area (TPSA) is 102 Å². The van der Waals surface area contributed by atoms with Crippen molar-refractivity contribution < 1.29 is 17.6 Å². The summed E-state index contributed by atoms with van der Waals surface area (Å²) in [5, 5.41) is 0.741. The molecular weight excluding hydrogens is 429 g/mol. The zero-order valence-electron chi connectivity index (χ0n) is 17.8. The number of carbonyl (C=O) groups is 1. The first-order valence-electron chi connectivity index (χ1n) is 10.6. The molecule has 32 heavy (non-hydrogen) atoms. The average molecular weight is 456 g/mol. The highest BCUT2D eigenvalue weighted by Crippen LogP contribution is 2.47. The summed E-state index contributed by atoms with van der Waals surface area (Å²) in [7, 11) is -3.78. The van der Waals surface area contributed by atoms with Crippen molar-refractivity contribution in [3.63, 3.8) is 0 Å². The number of fused-ring (bicyclic) bond motifs is 1. The number of nitrogens with one attached hydrogen (secondary N) is 1. The van der Waals surface area contributed by atoms with Gasteiger partial charge in [0.1, 0.15) is 10.7 Å². The van der Waals surface area contributed by atoms with Gasteiger partial charge in [0.25, 0.3) is 0 Å². The summed E-state index contributed by atoms with van der Waals surface area (Å²) >= 11 is 0. The van der Waals surface area contributed by atoms with E-state index in [1.165, 1.54) is 12.3 Å². The van der Waals surface area contributed by atoms with Crippen molar-refractivity contribution in [1.29, 1.82) is 0 Å². The maximum atomic E-state index is 14.4. The predicted octanol–water partition coefficient (Wildman–Crippen LogP) is 3.87. The van der Waals surface area contributed by atoms with Gasteiger partial charge in [-0.25, -0.2) is 17.5 Å². The lowest BCUT2D eigenvalue weighted by Gasteiger charge is -2.42. The molecule has 1 aliphatic rings. The van der Waals surface area contributed by atoms with Crippen LogP contribution < -0.4 is 10.5 Å². The van der Waals surface area contributed by atoms with Crippen molar-refractivity contribution in [3.8, 4) is 0 Å². The van der Waals surface area contributed by atoms with Crippen molar-refractivity contribution in [1.82, 2.24) is 9.71 Å². The molecule has 0 unspecified atom stereocenters. The maximum Gasteiger partial charge on any atom is 0.242 e. The molecule has 1 fully saturated rings. The highest BCUT2D eigenvalue weighted by atomic mass is 32.2. The van der Waals surface area contributed by atoms with Gasteiger partial charge in [0.2, 0.25) is 15.9 Å². The number of para-hydroxylation sites is 1. The number of primary amides is 1. The summed E-state index contributed by atoms with van der Waals surface area (Å²) in [4.78, 5) is 16.8. The minimum Gasteiger partial charge on any atom is -0.369 e. The van der Waals surface area contributed by atoms with Crippen molar-refractivity contribution in [2.24, 2.45) is 11.1 Å². The summed E-state index contributed by atoms with van der Waals surface area (Å²) in [6.07, 6.45) is 2.97. The van der Waals surface area contributed by atoms with Gasteiger partial charge in [-0.1, -0.05) is 43.3 Å². The molecule has 0 saturated heterocycles. The van der Waals surface area contributed by atoms with Crippen LogP contribution in [0, 0.1) is 11.2 Å². The van der Waals surface area contributed by atoms with Crippen molar-refractivity contribution in [2.45, 2.75) is 49.5 Å². The van der Waals surface area contributed by atoms with Gasteiger partial charge in [0, 0.05) is 17.6 Å². The smallest absolute Gasteiger partial charge is 0.242 e. The molecule has 1 amide bonds. The van der Waals surface area contributed by atoms with Crippen molar-refractivity contribution >= 4 is 26.8 Å². The normalized spacial score (nSPS) is 22.5. The van der Waals surface area contributed by atoms with E-state index >= 15 is 0 Å². The molecule has 168 valence electrons. The molecule has 0 bridgehead atoms. The number of carbonyl (C=O) groups excluding carboxylic acids is 1. The Morgan fingerprint density at radius 1 is 1.16 bits per heavy atom. The second kappa shape index (κ2) is 8.60. The SMILES string of the molecule is C[C@@H](c1ccccc1F)C1(C(N)=O)CCC(NS(=O)(=O)c2cnc3ccccc3c2)CC1. The number of nitrogens with zero attached hydrogens (tertiary/aromatic N) is 1. The average Bonchev–Trinajstić information content (AvgIpc) is 2.79. The molecule has 0 aliphatic heterocycles. The molecule has 1 saturated carbocycles. The largest absolute Gasteiger partial charge is 0.369 e. The molecule has 0 radical (unpaired) electrons. The Hall–Kier alpha value is -2.84. The van der Waals surface area contributed by atoms with Gasteiger partial charge < -0.3 is 5.73 Å². The number of halogens is 1. The van der Waals surface area contributed by atoms with Crippen LogP contribution in [0.5, 0.6) is 0 Å². The Labute approximate surface area is 187 Å². The molecule has 6 nitrogen and oxygen atoms in total. The van der Waals surface area contributed by atoms with Crippen LogP contribution in [0.3, 0.4) is 0 Å². The fourth-order valence-corrected chi connectivity index (χ4v) is 6.04. The third-order valence-electron chi connectivity index (χ3n) is 6.77. The van der Waals surface area contributed by atoms with Gasteiger partial charge in [-0.15, -0.1) is 0 Å². The molecule has 4 rings (SSSR count). The second-order valence-corrected chi connectivity index (χ2v) is 10.2. The number of hydrogen-bond acceptors (Lipinski definition) is 4. The number of sulfonamides is 1. The Bertz CT molecular complexity index is 1250. The van der Waals surface area contributed by atoms with Crippen LogP contribution in [0.2, 0.25) is 0 Å². The molecule has 2 aromatic carbocycles. The van der Waals surface area contributed by atoms with Crippen LogP contribution in [-0.4, -0.2) is 25.4 Å². The van der Waals surface area contributed by atoms with Crippen LogP contribution in [0.4, 0.5) is 4.39 Å². The number of amides is 1. The quantitative estimate of drug-likeness (QED) is 0.589. The van der Waals surface area contributed by atoms with Gasteiger partial charge in [0.05, 0.1) is 10.9 Å². The second-order valence-electron chi connectivity index (χ2n) is 8.52. The molecule has 8 heteroatoms. The Kier molecular flexibility index (Phi) is 6.01. The minimum atomic E-state index is -3.78. The summed E-state index contributed by atoms with van der Waals surface area (Å²) in [5.41, 5.74) is 6.05. The van der Waals surface area contributed by atoms with Gasteiger partial charge in [0.15, 0.2) is 0 Å². The third kappa shape index (κ3) is 4.12. The minimum absolute atomic E-state index is 0.0997. The lowest BCUT2D eigenvalue weighted by atomic mass is 9.63. The highest BCUT2D eigenvalue weighted by Gasteiger charge is 2.46. The van der Waals surface area contributed by atoms with Crippen LogP contribution >= 0.6 is 0 Å². The summed E-state index contributed by atoms with van der Waals surface area (Å²) < 4.78 is 43.0. The van der Waals surface area contributed by atoms with Gasteiger partial charge >= 0.3 is 0 Å². The molecular formula is C24H26FN3O3S. The highest BCUT2D eigenvalue weighted by molar-refractivity contribution is 7.89. The fourth-order valence-electron chi connectivity index (χ4n) is 4.75. The first-order valence-corrected chi connectivity index (χ1v) is 12.1. The van der Waals surface area contributed by atoms with E-state index in [4.69, 9.17) is 5.73 Å². The van der Waals surface area contributed by atoms with E-state index in [-0.39, 0.29) is 16.8 Å². The Balaban J connectivity index is 1.51. The first kappa shape index (κ1) is 22.4. The van der Waals surface area contributed by atoms with Gasteiger partial charge in [-0.2, -0.15) is 0 Å². The summed E-state index contributed by atoms with van der Waals surface area (Å²) in [5.74, 6) is -1.26. The van der Waals surface area contributed by atoms with Crippen LogP contribution in [0.1, 0.15) is 44.1 Å². The lowest BCUT2D eigenvalue weighted by Crippen LogP contribution is -2.48. The predicted molar refractivity (Wildman–Crippen MR) is 121 cm³/mol. The van der Waals surface area contributed by atoms with Crippen molar-refractivity contribution in [3.05, 3.63) is 72.2 Å². The first-order chi connectivity index (χ1) is 15.2. The number of aromatic nitrogens is 1. The number of hydrogen-bond donors (Lipinski definition) is 2. The fraction of sp³-hybridized carbons (Fsp3) is 0.333. The van der Waals surface area contributed by atoms with Gasteiger partial charge in [-0.3, -0.25) is 9.78 Å². The number of pyridine rings is 1. The van der Waals surface area contributed by atoms with Gasteiger partial charge in [-0.05, 0) is 55.4 Å². The van der Waals surface area contributed by atoms with E-state index in [1.54, 1.807) is 24.3 Å². The zero-order valence-corrected chi connectivity index (χ0v) is 18.6. The molecule has 1 aliphatic carbocycles. The van der Waals surface area contributed by atoms with E-state index in [0.717, 1.165) is 10.9 Å². The molecule has 0 spiro atoms. The number of rotatable bonds is 6. The Morgan fingerprint density at radius 3 is 2.50 bits per heavy atom. The molecule has 1 atom stereocenters. The van der Waals surface area contributed by atoms with E-state index in [9.17, 15) is 17.6 Å². The number of nitrogens with two attached hydrogens (primary N) is 1. The molecule has 3 aromatic rings. The molecule has 1 aromatic heterocycles.